The number of hydrogen-bond donors (Lipinski definition) is 1. The minimum absolute atomic E-state index is 0.132. The fourth-order valence-corrected chi connectivity index (χ4v) is 2.54. The molecule has 25 heavy (non-hydrogen) atoms. The van der Waals surface area contributed by atoms with Crippen LogP contribution >= 0.6 is 0 Å². The molecule has 0 amide bonds. The molecule has 1 N–H and O–H groups in total. The molecule has 0 aliphatic heterocycles. The molecule has 0 heterocycles. The third-order valence-corrected chi connectivity index (χ3v) is 3.75. The van der Waals surface area contributed by atoms with E-state index in [-0.39, 0.29) is 6.10 Å². The summed E-state index contributed by atoms with van der Waals surface area (Å²) in [5.41, 5.74) is 2.48. The predicted molar refractivity (Wildman–Crippen MR) is 102 cm³/mol. The third-order valence-electron chi connectivity index (χ3n) is 3.75. The van der Waals surface area contributed by atoms with E-state index < -0.39 is 0 Å². The average Bonchev–Trinajstić information content (AvgIpc) is 2.61. The molecule has 2 rings (SSSR count). The summed E-state index contributed by atoms with van der Waals surface area (Å²) in [7, 11) is 1.69. The molecule has 4 nitrogen and oxygen atoms in total. The van der Waals surface area contributed by atoms with Gasteiger partial charge in [0.05, 0.1) is 19.8 Å². The number of nitrogens with one attached hydrogen (secondary N) is 1. The highest BCUT2D eigenvalue weighted by Gasteiger charge is 2.08. The maximum Gasteiger partial charge on any atom is 0.161 e. The van der Waals surface area contributed by atoms with Crippen molar-refractivity contribution in [2.45, 2.75) is 39.8 Å². The summed E-state index contributed by atoms with van der Waals surface area (Å²) < 4.78 is 16.7. The zero-order valence-electron chi connectivity index (χ0n) is 15.7. The molecule has 0 aliphatic carbocycles. The lowest BCUT2D eigenvalue weighted by molar-refractivity contribution is 0.223. The van der Waals surface area contributed by atoms with E-state index in [0.29, 0.717) is 6.61 Å². The molecule has 4 heteroatoms. The fraction of sp³-hybridized carbons (Fsp3) is 0.429. The van der Waals surface area contributed by atoms with Crippen molar-refractivity contribution in [3.8, 4) is 17.2 Å². The van der Waals surface area contributed by atoms with Crippen molar-refractivity contribution in [1.29, 1.82) is 0 Å². The van der Waals surface area contributed by atoms with Gasteiger partial charge in [0.25, 0.3) is 0 Å². The lowest BCUT2D eigenvalue weighted by atomic mass is 10.1. The van der Waals surface area contributed by atoms with Crippen LogP contribution < -0.4 is 19.5 Å². The van der Waals surface area contributed by atoms with E-state index in [1.165, 1.54) is 11.1 Å². The summed E-state index contributed by atoms with van der Waals surface area (Å²) in [5, 5.41) is 3.48. The second kappa shape index (κ2) is 9.94. The fourth-order valence-electron chi connectivity index (χ4n) is 2.54. The van der Waals surface area contributed by atoms with E-state index in [0.717, 1.165) is 36.8 Å². The third kappa shape index (κ3) is 6.31. The summed E-state index contributed by atoms with van der Waals surface area (Å²) >= 11 is 0. The van der Waals surface area contributed by atoms with E-state index in [1.54, 1.807) is 7.11 Å². The van der Waals surface area contributed by atoms with Crippen LogP contribution in [0.3, 0.4) is 0 Å². The molecule has 0 atom stereocenters. The van der Waals surface area contributed by atoms with Crippen LogP contribution in [0.5, 0.6) is 17.2 Å². The van der Waals surface area contributed by atoms with Gasteiger partial charge in [0.2, 0.25) is 0 Å². The molecule has 0 unspecified atom stereocenters. The molecule has 0 radical (unpaired) electrons. The second-order valence-corrected chi connectivity index (χ2v) is 6.16. The molecule has 0 aliphatic rings. The number of rotatable bonds is 10. The van der Waals surface area contributed by atoms with Crippen molar-refractivity contribution in [1.82, 2.24) is 5.32 Å². The zero-order chi connectivity index (χ0) is 18.1. The Kier molecular flexibility index (Phi) is 7.61. The number of benzene rings is 2. The van der Waals surface area contributed by atoms with Crippen molar-refractivity contribution < 1.29 is 14.2 Å². The van der Waals surface area contributed by atoms with Crippen LogP contribution in [-0.2, 0) is 13.0 Å². The number of ether oxygens (including phenoxy) is 3. The first-order valence-electron chi connectivity index (χ1n) is 8.88. The van der Waals surface area contributed by atoms with Crippen LogP contribution in [-0.4, -0.2) is 26.4 Å². The number of methoxy groups -OCH3 is 1. The maximum absolute atomic E-state index is 5.80. The Balaban J connectivity index is 1.85. The molecule has 2 aromatic carbocycles. The second-order valence-electron chi connectivity index (χ2n) is 6.16. The van der Waals surface area contributed by atoms with Crippen molar-refractivity contribution in [2.75, 3.05) is 20.3 Å². The summed E-state index contributed by atoms with van der Waals surface area (Å²) in [6.45, 7) is 8.37. The maximum atomic E-state index is 5.80. The average molecular weight is 343 g/mol. The normalized spacial score (nSPS) is 10.8. The lowest BCUT2D eigenvalue weighted by Crippen LogP contribution is -2.17. The van der Waals surface area contributed by atoms with Crippen LogP contribution in [0.25, 0.3) is 0 Å². The molecular formula is C21H29NO3. The van der Waals surface area contributed by atoms with Gasteiger partial charge < -0.3 is 19.5 Å². The molecule has 0 saturated heterocycles. The van der Waals surface area contributed by atoms with Crippen molar-refractivity contribution in [3.63, 3.8) is 0 Å². The van der Waals surface area contributed by atoms with E-state index in [9.17, 15) is 0 Å². The van der Waals surface area contributed by atoms with Crippen molar-refractivity contribution in [3.05, 3.63) is 53.6 Å². The molecule has 0 fully saturated rings. The molecule has 0 bridgehead atoms. The van der Waals surface area contributed by atoms with Crippen LogP contribution in [0.2, 0.25) is 0 Å². The van der Waals surface area contributed by atoms with Gasteiger partial charge in [-0.15, -0.1) is 0 Å². The van der Waals surface area contributed by atoms with E-state index >= 15 is 0 Å². The molecule has 0 aromatic heterocycles. The van der Waals surface area contributed by atoms with Crippen molar-refractivity contribution >= 4 is 0 Å². The quantitative estimate of drug-likeness (QED) is 0.656. The van der Waals surface area contributed by atoms with Gasteiger partial charge in [-0.2, -0.15) is 0 Å². The molecule has 0 saturated carbocycles. The molecule has 2 aromatic rings. The number of hydrogen-bond acceptors (Lipinski definition) is 4. The van der Waals surface area contributed by atoms with E-state index in [2.05, 4.69) is 29.6 Å². The minimum Gasteiger partial charge on any atom is -0.497 e. The summed E-state index contributed by atoms with van der Waals surface area (Å²) in [6.07, 6.45) is 1.12. The highest BCUT2D eigenvalue weighted by atomic mass is 16.5. The van der Waals surface area contributed by atoms with Gasteiger partial charge in [-0.25, -0.2) is 0 Å². The zero-order valence-corrected chi connectivity index (χ0v) is 15.7. The Hall–Kier alpha value is -2.20. The highest BCUT2D eigenvalue weighted by Crippen LogP contribution is 2.29. The largest absolute Gasteiger partial charge is 0.497 e. The first-order chi connectivity index (χ1) is 12.1. The topological polar surface area (TPSA) is 39.7 Å². The van der Waals surface area contributed by atoms with Gasteiger partial charge in [0, 0.05) is 6.54 Å². The van der Waals surface area contributed by atoms with Gasteiger partial charge in [-0.05, 0) is 69.1 Å². The molecular weight excluding hydrogens is 314 g/mol. The van der Waals surface area contributed by atoms with E-state index in [4.69, 9.17) is 14.2 Å². The SMILES string of the molecule is CCOc1cc(CNCCc2ccc(OC)cc2)ccc1OC(C)C. The van der Waals surface area contributed by atoms with Gasteiger partial charge in [-0.1, -0.05) is 18.2 Å². The molecule has 136 valence electrons. The first kappa shape index (κ1) is 19.1. The van der Waals surface area contributed by atoms with Crippen molar-refractivity contribution in [2.24, 2.45) is 0 Å². The lowest BCUT2D eigenvalue weighted by Gasteiger charge is -2.15. The Bertz CT molecular complexity index is 638. The van der Waals surface area contributed by atoms with Gasteiger partial charge >= 0.3 is 0 Å². The van der Waals surface area contributed by atoms with Crippen LogP contribution in [0.4, 0.5) is 0 Å². The highest BCUT2D eigenvalue weighted by molar-refractivity contribution is 5.43. The first-order valence-corrected chi connectivity index (χ1v) is 8.88. The summed E-state index contributed by atoms with van der Waals surface area (Å²) in [4.78, 5) is 0. The summed E-state index contributed by atoms with van der Waals surface area (Å²) in [5.74, 6) is 2.51. The summed E-state index contributed by atoms with van der Waals surface area (Å²) in [6, 6.07) is 14.3. The Labute approximate surface area is 151 Å². The van der Waals surface area contributed by atoms with Gasteiger partial charge in [0.15, 0.2) is 11.5 Å². The van der Waals surface area contributed by atoms with Crippen LogP contribution in [0.15, 0.2) is 42.5 Å². The Morgan fingerprint density at radius 1 is 0.960 bits per heavy atom. The Morgan fingerprint density at radius 2 is 1.68 bits per heavy atom. The Morgan fingerprint density at radius 3 is 2.32 bits per heavy atom. The standard InChI is InChI=1S/C21H29NO3/c1-5-24-21-14-18(8-11-20(21)25-16(2)3)15-22-13-12-17-6-9-19(23-4)10-7-17/h6-11,14,16,22H,5,12-13,15H2,1-4H3. The van der Waals surface area contributed by atoms with Crippen LogP contribution in [0.1, 0.15) is 31.9 Å². The van der Waals surface area contributed by atoms with Gasteiger partial charge in [-0.3, -0.25) is 0 Å². The monoisotopic (exact) mass is 343 g/mol. The predicted octanol–water partition coefficient (Wildman–Crippen LogP) is 4.21. The smallest absolute Gasteiger partial charge is 0.161 e. The minimum atomic E-state index is 0.132. The molecule has 0 spiro atoms. The van der Waals surface area contributed by atoms with Gasteiger partial charge in [0.1, 0.15) is 5.75 Å². The van der Waals surface area contributed by atoms with E-state index in [1.807, 2.05) is 39.0 Å². The van der Waals surface area contributed by atoms with Crippen LogP contribution in [0, 0.1) is 0 Å².